The molecule has 0 saturated carbocycles. The molecular weight excluding hydrogens is 442 g/mol. The number of Topliss-reactive ketones (excluding diaryl/α,β-unsaturated/α-hetero) is 2. The lowest BCUT2D eigenvalue weighted by molar-refractivity contribution is -0.180. The van der Waals surface area contributed by atoms with Crippen LogP contribution >= 0.6 is 0 Å². The van der Waals surface area contributed by atoms with Gasteiger partial charge in [0.15, 0.2) is 11.4 Å². The summed E-state index contributed by atoms with van der Waals surface area (Å²) < 4.78 is 0. The number of aliphatic hydroxyl groups excluding tert-OH is 2. The van der Waals surface area contributed by atoms with E-state index in [2.05, 4.69) is 5.32 Å². The number of aliphatic hydroxyl groups is 3. The molecule has 0 heterocycles. The third-order valence-corrected chi connectivity index (χ3v) is 8.41. The fourth-order valence-corrected chi connectivity index (χ4v) is 6.21. The van der Waals surface area contributed by atoms with Gasteiger partial charge in [-0.05, 0) is 57.5 Å². The molecule has 7 N–H and O–H groups in total. The maximum atomic E-state index is 13.6. The van der Waals surface area contributed by atoms with Gasteiger partial charge in [0.1, 0.15) is 22.8 Å². The highest BCUT2D eigenvalue weighted by Crippen LogP contribution is 2.62. The highest BCUT2D eigenvalue weighted by atomic mass is 16.4. The second-order valence-corrected chi connectivity index (χ2v) is 9.86. The minimum atomic E-state index is -2.72. The molecule has 182 valence electrons. The van der Waals surface area contributed by atoms with E-state index in [9.17, 15) is 34.8 Å². The molecule has 0 aliphatic heterocycles. The molecule has 1 aromatic rings. The zero-order valence-electron chi connectivity index (χ0n) is 19.7. The van der Waals surface area contributed by atoms with Crippen molar-refractivity contribution in [2.45, 2.75) is 37.8 Å². The normalized spacial score (nSPS) is 33.0. The molecule has 0 bridgehead atoms. The molecule has 0 radical (unpaired) electrons. The number of aromatic hydroxyl groups is 1. The van der Waals surface area contributed by atoms with E-state index in [0.29, 0.717) is 11.3 Å². The van der Waals surface area contributed by atoms with E-state index in [4.69, 9.17) is 5.73 Å². The summed E-state index contributed by atoms with van der Waals surface area (Å²) in [6.07, 6.45) is 0.227. The van der Waals surface area contributed by atoms with Gasteiger partial charge in [-0.2, -0.15) is 0 Å². The van der Waals surface area contributed by atoms with Crippen LogP contribution in [0.3, 0.4) is 0 Å². The Kier molecular flexibility index (Phi) is 4.94. The van der Waals surface area contributed by atoms with E-state index < -0.39 is 57.0 Å². The molecule has 0 aromatic heterocycles. The van der Waals surface area contributed by atoms with Crippen LogP contribution in [-0.2, 0) is 16.0 Å². The molecule has 0 saturated heterocycles. The number of ketones is 2. The number of hydrogen-bond donors (Lipinski definition) is 6. The van der Waals surface area contributed by atoms with Crippen LogP contribution in [-0.4, -0.2) is 75.1 Å². The number of hydrogen-bond acceptors (Lipinski definition) is 9. The van der Waals surface area contributed by atoms with Crippen LogP contribution in [0.25, 0.3) is 0 Å². The number of benzene rings is 1. The number of phenols is 1. The van der Waals surface area contributed by atoms with E-state index in [-0.39, 0.29) is 29.7 Å². The molecule has 4 rings (SSSR count). The quantitative estimate of drug-likeness (QED) is 0.277. The summed E-state index contributed by atoms with van der Waals surface area (Å²) in [6.45, 7) is 3.08. The van der Waals surface area contributed by atoms with Crippen molar-refractivity contribution in [1.29, 1.82) is 0 Å². The zero-order chi connectivity index (χ0) is 25.5. The summed E-state index contributed by atoms with van der Waals surface area (Å²) >= 11 is 0. The van der Waals surface area contributed by atoms with Crippen LogP contribution in [0.1, 0.15) is 36.2 Å². The maximum absolute atomic E-state index is 13.6. The van der Waals surface area contributed by atoms with Gasteiger partial charge >= 0.3 is 0 Å². The first-order valence-corrected chi connectivity index (χ1v) is 10.9. The van der Waals surface area contributed by atoms with Crippen LogP contribution in [0, 0.1) is 11.3 Å². The lowest BCUT2D eigenvalue weighted by Crippen LogP contribution is -2.74. The van der Waals surface area contributed by atoms with Crippen LogP contribution in [0.5, 0.6) is 5.75 Å². The molecule has 0 fully saturated rings. The van der Waals surface area contributed by atoms with Gasteiger partial charge in [-0.1, -0.05) is 6.92 Å². The summed E-state index contributed by atoms with van der Waals surface area (Å²) in [6, 6.07) is 2.99. The van der Waals surface area contributed by atoms with Gasteiger partial charge in [0.25, 0.3) is 5.91 Å². The third-order valence-electron chi connectivity index (χ3n) is 8.41. The number of fused-ring (bicyclic) bond motifs is 3. The number of carbonyl (C=O) groups excluding carboxylic acids is 3. The van der Waals surface area contributed by atoms with E-state index in [1.54, 1.807) is 39.0 Å². The molecule has 2 unspecified atom stereocenters. The number of nitrogens with zero attached hydrogens (tertiary/aromatic N) is 1. The summed E-state index contributed by atoms with van der Waals surface area (Å²) in [7, 11) is 4.88. The Morgan fingerprint density at radius 3 is 2.29 bits per heavy atom. The highest BCUT2D eigenvalue weighted by Gasteiger charge is 2.73. The summed E-state index contributed by atoms with van der Waals surface area (Å²) in [5, 5.41) is 47.9. The Bertz CT molecular complexity index is 1230. The molecule has 3 aliphatic carbocycles. The number of allylic oxidation sites excluding steroid dienone is 1. The monoisotopic (exact) mass is 471 g/mol. The fraction of sp³-hybridized carbons (Fsp3) is 0.458. The average Bonchev–Trinajstić information content (AvgIpc) is 2.75. The molecular formula is C24H29N3O7. The van der Waals surface area contributed by atoms with E-state index in [1.165, 1.54) is 13.0 Å². The zero-order valence-corrected chi connectivity index (χ0v) is 19.7. The maximum Gasteiger partial charge on any atom is 0.255 e. The Balaban J connectivity index is 2.08. The molecule has 10 nitrogen and oxygen atoms in total. The van der Waals surface area contributed by atoms with Crippen molar-refractivity contribution >= 4 is 23.2 Å². The predicted octanol–water partition coefficient (Wildman–Crippen LogP) is 0.943. The lowest BCUT2D eigenvalue weighted by atomic mass is 9.47. The Labute approximate surface area is 196 Å². The molecule has 0 spiro atoms. The van der Waals surface area contributed by atoms with E-state index in [0.717, 1.165) is 0 Å². The first-order chi connectivity index (χ1) is 15.7. The Morgan fingerprint density at radius 2 is 1.76 bits per heavy atom. The van der Waals surface area contributed by atoms with Crippen molar-refractivity contribution in [2.75, 3.05) is 26.5 Å². The van der Waals surface area contributed by atoms with Gasteiger partial charge in [-0.3, -0.25) is 19.3 Å². The van der Waals surface area contributed by atoms with Gasteiger partial charge < -0.3 is 31.5 Å². The number of nitrogens with two attached hydrogens (primary N) is 1. The second kappa shape index (κ2) is 7.07. The Morgan fingerprint density at radius 1 is 1.15 bits per heavy atom. The van der Waals surface area contributed by atoms with Crippen molar-refractivity contribution in [2.24, 2.45) is 17.1 Å². The summed E-state index contributed by atoms with van der Waals surface area (Å²) in [5.74, 6) is -5.67. The lowest BCUT2D eigenvalue weighted by Gasteiger charge is -2.62. The van der Waals surface area contributed by atoms with Crippen molar-refractivity contribution in [3.63, 3.8) is 0 Å². The first-order valence-electron chi connectivity index (χ1n) is 10.9. The van der Waals surface area contributed by atoms with E-state index >= 15 is 0 Å². The van der Waals surface area contributed by atoms with Crippen LogP contribution in [0.15, 0.2) is 34.8 Å². The molecule has 3 aliphatic rings. The standard InChI is InChI=1S/C24H29N3O7/c1-22-9-10-8-11-12(26-3)6-7-13(28)15(11)17(29)14(10)19(31)24(22,34)20(32)16(21(25)33)18(30)23(22,2)27(4)5/h6-7,10,26,28,30-31,34H,8-9H2,1-5H3,(H2,25,33)/t10?,22-,23?,24-/m0/s1. The van der Waals surface area contributed by atoms with Gasteiger partial charge in [-0.15, -0.1) is 0 Å². The predicted molar refractivity (Wildman–Crippen MR) is 122 cm³/mol. The van der Waals surface area contributed by atoms with Crippen LogP contribution in [0.2, 0.25) is 0 Å². The molecule has 4 atom stereocenters. The van der Waals surface area contributed by atoms with Crippen molar-refractivity contribution in [3.8, 4) is 5.75 Å². The molecule has 1 amide bonds. The number of anilines is 1. The summed E-state index contributed by atoms with van der Waals surface area (Å²) in [4.78, 5) is 40.8. The first kappa shape index (κ1) is 23.8. The number of amides is 1. The average molecular weight is 472 g/mol. The highest BCUT2D eigenvalue weighted by molar-refractivity contribution is 6.25. The molecule has 1 aromatic carbocycles. The van der Waals surface area contributed by atoms with Crippen molar-refractivity contribution in [3.05, 3.63) is 45.9 Å². The fourth-order valence-electron chi connectivity index (χ4n) is 6.21. The number of rotatable bonds is 3. The number of likely N-dealkylation sites (N-methyl/N-ethyl adjacent to an activating group) is 1. The molecule has 10 heteroatoms. The van der Waals surface area contributed by atoms with Gasteiger partial charge in [0, 0.05) is 23.7 Å². The Hall–Kier alpha value is -3.37. The van der Waals surface area contributed by atoms with Gasteiger partial charge in [0.2, 0.25) is 5.78 Å². The minimum absolute atomic E-state index is 0.00338. The van der Waals surface area contributed by atoms with Crippen molar-refractivity contribution in [1.82, 2.24) is 4.90 Å². The smallest absolute Gasteiger partial charge is 0.255 e. The second-order valence-electron chi connectivity index (χ2n) is 9.86. The topological polar surface area (TPSA) is 173 Å². The van der Waals surface area contributed by atoms with Crippen LogP contribution < -0.4 is 11.1 Å². The number of carbonyl (C=O) groups is 3. The molecule has 34 heavy (non-hydrogen) atoms. The SMILES string of the molecule is CNc1ccc(O)c2c1CC1C[C@@]3(C)C(C)(N(C)C)C(O)=C(C(N)=O)C(=O)[C@@]3(O)C(O)=C1C2=O. The number of primary amides is 1. The largest absolute Gasteiger partial charge is 0.509 e. The minimum Gasteiger partial charge on any atom is -0.509 e. The van der Waals surface area contributed by atoms with E-state index in [1.807, 2.05) is 0 Å². The van der Waals surface area contributed by atoms with Gasteiger partial charge in [0.05, 0.1) is 11.1 Å². The summed E-state index contributed by atoms with van der Waals surface area (Å²) in [5.41, 5.74) is -0.293. The van der Waals surface area contributed by atoms with Gasteiger partial charge in [-0.25, -0.2) is 0 Å². The number of nitrogens with one attached hydrogen (secondary N) is 1. The third kappa shape index (κ3) is 2.44. The van der Waals surface area contributed by atoms with Crippen molar-refractivity contribution < 1.29 is 34.8 Å². The number of phenolic OH excluding ortho intramolecular Hbond substituents is 1. The van der Waals surface area contributed by atoms with Crippen LogP contribution in [0.4, 0.5) is 5.69 Å².